The minimum atomic E-state index is -0.324. The Morgan fingerprint density at radius 1 is 0.436 bits per heavy atom. The summed E-state index contributed by atoms with van der Waals surface area (Å²) < 4.78 is 22.2. The van der Waals surface area contributed by atoms with E-state index in [-0.39, 0.29) is 58.9 Å². The second-order valence-electron chi connectivity index (χ2n) is 45.1. The Morgan fingerprint density at radius 3 is 1.31 bits per heavy atom. The summed E-state index contributed by atoms with van der Waals surface area (Å²) in [5, 5.41) is 13.5. The van der Waals surface area contributed by atoms with Crippen LogP contribution >= 0.6 is 0 Å². The molecular formula is C114H182N20O6. The van der Waals surface area contributed by atoms with Crippen LogP contribution < -0.4 is 21.3 Å². The molecule has 3 aliphatic carbocycles. The van der Waals surface area contributed by atoms with E-state index in [0.717, 1.165) is 156 Å². The van der Waals surface area contributed by atoms with E-state index >= 15 is 0 Å². The summed E-state index contributed by atoms with van der Waals surface area (Å²) in [7, 11) is 6.05. The van der Waals surface area contributed by atoms with Crippen LogP contribution in [0.3, 0.4) is 0 Å². The van der Waals surface area contributed by atoms with E-state index in [2.05, 4.69) is 226 Å². The number of likely N-dealkylation sites (tertiary alicyclic amines) is 2. The van der Waals surface area contributed by atoms with Gasteiger partial charge in [0.1, 0.15) is 66.3 Å². The van der Waals surface area contributed by atoms with Crippen LogP contribution in [-0.4, -0.2) is 298 Å². The summed E-state index contributed by atoms with van der Waals surface area (Å²) in [4.78, 5) is 84.7. The highest BCUT2D eigenvalue weighted by molar-refractivity contribution is 6.05. The minimum Gasteiger partial charge on any atom is -0.478 e. The number of ether oxygens (including phenoxy) is 4. The number of para-hydroxylation sites is 1. The van der Waals surface area contributed by atoms with E-state index < -0.39 is 0 Å². The quantitative estimate of drug-likeness (QED) is 0.0594. The Bertz CT molecular complexity index is 4630. The predicted octanol–water partition coefficient (Wildman–Crippen LogP) is 19.3. The van der Waals surface area contributed by atoms with Crippen molar-refractivity contribution < 1.29 is 28.5 Å². The number of nitrogens with zero attached hydrogens (tertiary/aromatic N) is 16. The maximum absolute atomic E-state index is 12.3. The average molecular weight is 1930 g/mol. The van der Waals surface area contributed by atoms with Crippen molar-refractivity contribution in [3.8, 4) is 0 Å². The second kappa shape index (κ2) is 52.5. The summed E-state index contributed by atoms with van der Waals surface area (Å²) in [6.45, 7) is 59.3. The SMILES string of the molecule is C1CC[C@H]2C(C1)CC1CC2CN2CCCCC12.CC1[C@H](C)N1CCN1[C@@H](C)[C@@H]1C.CN[C@H](C)[C@@H](C)NC.C[C@@H]1CCC(N(C)C2=N[C@H](C)CC2)=N1.C[C@@H]1COC(C(C)(C)C2=N[C@H](C)CO2)=N1.C[C@@H]1COC(c2ccc3ccccc3n2)=N1.C[C@@H]1COC(c2cccc([C@@H](C)C(C)(C)C)n2)=N1.C[C@H]1CC[C@H](C)N1CCN1[C@@H](C)CC[C@@H]1C.O=C(N[C@@H]1CCCC[C@H]1NC(=O)c1ccccn1)c1ccccn1. The minimum absolute atomic E-state index is 0.0964. The number of amides is 2. The Kier molecular flexibility index (Phi) is 41.5. The van der Waals surface area contributed by atoms with Gasteiger partial charge >= 0.3 is 0 Å². The van der Waals surface area contributed by atoms with Crippen molar-refractivity contribution in [3.05, 3.63) is 132 Å². The third kappa shape index (κ3) is 31.2. The molecule has 20 rings (SSSR count). The van der Waals surface area contributed by atoms with E-state index in [1.807, 2.05) is 97.2 Å². The molecule has 140 heavy (non-hydrogen) atoms. The summed E-state index contributed by atoms with van der Waals surface area (Å²) in [5.41, 5.74) is 4.41. The Morgan fingerprint density at radius 2 is 0.879 bits per heavy atom. The van der Waals surface area contributed by atoms with Gasteiger partial charge in [-0.25, -0.2) is 29.9 Å². The molecule has 2 amide bonds. The van der Waals surface area contributed by atoms with E-state index in [0.29, 0.717) is 79.7 Å². The zero-order chi connectivity index (χ0) is 101. The van der Waals surface area contributed by atoms with E-state index in [1.54, 1.807) is 74.5 Å². The molecule has 6 unspecified atom stereocenters. The number of hydrogen-bond acceptors (Lipinski definition) is 24. The number of nitrogens with one attached hydrogen (secondary N) is 4. The number of likely N-dealkylation sites (N-methyl/N-ethyl adjacent to an activating group) is 2. The predicted molar refractivity (Wildman–Crippen MR) is 576 cm³/mol. The number of fused-ring (bicyclic) bond motifs is 7. The number of amidine groups is 2. The number of hydrogen-bond donors (Lipinski definition) is 4. The second-order valence-corrected chi connectivity index (χ2v) is 45.1. The largest absolute Gasteiger partial charge is 0.478 e. The fourth-order valence-corrected chi connectivity index (χ4v) is 22.6. The Hall–Kier alpha value is -8.24. The lowest BCUT2D eigenvalue weighted by Crippen LogP contribution is -2.56. The molecule has 16 heterocycles. The molecule has 774 valence electrons. The van der Waals surface area contributed by atoms with Gasteiger partial charge in [-0.05, 0) is 306 Å². The first-order valence-corrected chi connectivity index (χ1v) is 54.6. The van der Waals surface area contributed by atoms with Gasteiger partial charge in [-0.1, -0.05) is 109 Å². The van der Waals surface area contributed by atoms with Gasteiger partial charge in [0.2, 0.25) is 11.8 Å². The smallest absolute Gasteiger partial charge is 0.270 e. The highest BCUT2D eigenvalue weighted by Gasteiger charge is 2.49. The van der Waals surface area contributed by atoms with Gasteiger partial charge in [-0.15, -0.1) is 0 Å². The van der Waals surface area contributed by atoms with Crippen LogP contribution in [0.15, 0.2) is 133 Å². The molecule has 3 saturated carbocycles. The standard InChI is InChI=1S/C18H20N4O2.C16H27N.C15H22N2O.C14H28N2.C13H12N2O.C11H19N3.C11H18N2O2.C10H20N2.C6H16N2/c23-17(15-9-3-5-11-19-15)21-13-7-1-2-8-14(13)22-18(24)16-10-4-6-12-20-16;1-2-6-15-12(5-1)9-13-10-14(15)11-17-8-4-3-7-16(13)17;1-10-9-18-14(16-10)13-8-6-7-12(17-13)11(2)15(3,4)5;1-11-5-6-12(2)15(11)9-10-16-13(3)7-8-14(16)4;1-9-8-16-13(14-9)12-7-6-10-4-2-3-5-11(10)15-12;1-8-4-6-10(12-8)14(3)11-7-5-9(2)13-11;1-7-5-14-9(12-7)11(3,4)10-13-8(2)6-15-10;1-7-8(2)11(7)5-6-12-9(3)10(12)4;1-5(7-3)6(2)8-4/h3-6,9-14H,1-2,7-8H2,(H,21,23)(H,22,24);12-16H,1-11H2;6-8,10-11H,9H2,1-5H3;11-14H,5-10H2,1-4H3;2-7,9H,8H2,1H3;8-9H,4-7H2,1-3H3;7-8H,5-6H2,1-4H3;7-10H,5-6H2,1-4H3;5-8H,1-4H3/t13-,14-;12?,13?,14?,15-,16?;10-,11-;11-,12-,13-,14-;9-;8-,9-;7-,8-;7-,8-,9-,10?,12?;5-,6-/m101011101/s1. The van der Waals surface area contributed by atoms with Crippen molar-refractivity contribution >= 4 is 58.0 Å². The van der Waals surface area contributed by atoms with Gasteiger partial charge in [0, 0.05) is 173 Å². The Balaban J connectivity index is 0.000000142. The zero-order valence-electron chi connectivity index (χ0n) is 90.7. The number of aromatic nitrogens is 4. The molecule has 4 N–H and O–H groups in total. The van der Waals surface area contributed by atoms with Crippen molar-refractivity contribution in [2.24, 2.45) is 64.5 Å². The van der Waals surface area contributed by atoms with Crippen LogP contribution in [-0.2, 0) is 18.9 Å². The molecule has 2 bridgehead atoms. The summed E-state index contributed by atoms with van der Waals surface area (Å²) in [6, 6.07) is 39.1. The average Bonchev–Trinajstić information content (AvgIpc) is 0.921. The third-order valence-electron chi connectivity index (χ3n) is 33.0. The molecule has 0 spiro atoms. The molecule has 4 aromatic heterocycles. The maximum Gasteiger partial charge on any atom is 0.270 e. The monoisotopic (exact) mass is 1930 g/mol. The van der Waals surface area contributed by atoms with Crippen molar-refractivity contribution in [2.45, 2.75) is 408 Å². The third-order valence-corrected chi connectivity index (χ3v) is 33.0. The fraction of sp³-hybridized carbons (Fsp3) is 0.719. The number of rotatable bonds is 18. The lowest BCUT2D eigenvalue weighted by molar-refractivity contribution is -0.0585. The lowest BCUT2D eigenvalue weighted by atomic mass is 9.58. The number of piperidine rings is 2. The van der Waals surface area contributed by atoms with Crippen LogP contribution in [0.25, 0.3) is 10.9 Å². The van der Waals surface area contributed by atoms with Crippen LogP contribution in [0.4, 0.5) is 0 Å². The highest BCUT2D eigenvalue weighted by atomic mass is 16.5. The zero-order valence-corrected chi connectivity index (χ0v) is 90.7. The van der Waals surface area contributed by atoms with Gasteiger partial charge in [-0.3, -0.25) is 54.0 Å². The van der Waals surface area contributed by atoms with Gasteiger partial charge in [-0.2, -0.15) is 0 Å². The van der Waals surface area contributed by atoms with E-state index in [4.69, 9.17) is 23.9 Å². The van der Waals surface area contributed by atoms with Crippen LogP contribution in [0.1, 0.15) is 331 Å². The number of aliphatic imine (C=N–C) groups is 6. The van der Waals surface area contributed by atoms with E-state index in [1.165, 1.54) is 122 Å². The number of benzene rings is 1. The summed E-state index contributed by atoms with van der Waals surface area (Å²) in [5.74, 6) is 9.74. The lowest BCUT2D eigenvalue weighted by Gasteiger charge is -2.56. The molecular weight excluding hydrogens is 1750 g/mol. The number of carbonyl (C=O) groups is 2. The highest BCUT2D eigenvalue weighted by Crippen LogP contribution is 2.52. The van der Waals surface area contributed by atoms with Gasteiger partial charge < -0.3 is 45.1 Å². The molecule has 15 aliphatic rings. The fourth-order valence-electron chi connectivity index (χ4n) is 22.6. The molecule has 26 heteroatoms. The van der Waals surface area contributed by atoms with Gasteiger partial charge in [0.15, 0.2) is 11.8 Å². The van der Waals surface area contributed by atoms with Gasteiger partial charge in [0.25, 0.3) is 11.8 Å². The molecule has 9 fully saturated rings. The molecule has 12 aliphatic heterocycles. The molecule has 25 atom stereocenters. The molecule has 5 aromatic rings. The first-order valence-electron chi connectivity index (χ1n) is 54.6. The first kappa shape index (κ1) is 111. The van der Waals surface area contributed by atoms with E-state index in [9.17, 15) is 9.59 Å². The maximum atomic E-state index is 12.3. The van der Waals surface area contributed by atoms with Crippen LogP contribution in [0.2, 0.25) is 0 Å². The Labute approximate surface area is 843 Å². The number of carbonyl (C=O) groups excluding carboxylic acids is 2. The summed E-state index contributed by atoms with van der Waals surface area (Å²) in [6.07, 6.45) is 31.1. The molecule has 26 nitrogen and oxygen atoms in total. The van der Waals surface area contributed by atoms with Crippen molar-refractivity contribution in [1.29, 1.82) is 0 Å². The topological polar surface area (TPSA) is 264 Å². The normalized spacial score (nSPS) is 31.7. The van der Waals surface area contributed by atoms with Crippen LogP contribution in [0, 0.1) is 34.5 Å². The molecule has 1 aromatic carbocycles. The molecule has 6 saturated heterocycles. The van der Waals surface area contributed by atoms with Crippen molar-refractivity contribution in [1.82, 2.24) is 70.6 Å². The van der Waals surface area contributed by atoms with Gasteiger partial charge in [0.05, 0.1) is 29.7 Å². The van der Waals surface area contributed by atoms with Crippen molar-refractivity contribution in [3.63, 3.8) is 0 Å². The summed E-state index contributed by atoms with van der Waals surface area (Å²) >= 11 is 0. The van der Waals surface area contributed by atoms with Crippen LogP contribution in [0.5, 0.6) is 0 Å². The molecule has 0 radical (unpaired) electrons. The first-order chi connectivity index (χ1) is 67.0. The van der Waals surface area contributed by atoms with Crippen molar-refractivity contribution in [2.75, 3.05) is 86.8 Å². The number of pyridine rings is 4.